The Balaban J connectivity index is 2.13. The van der Waals surface area contributed by atoms with Crippen LogP contribution >= 0.6 is 11.3 Å². The maximum atomic E-state index is 12.1. The third-order valence-electron chi connectivity index (χ3n) is 3.17. The number of carbonyl (C=O) groups excluding carboxylic acids is 1. The van der Waals surface area contributed by atoms with Gasteiger partial charge in [0.2, 0.25) is 0 Å². The zero-order valence-electron chi connectivity index (χ0n) is 9.06. The molecule has 82 valence electrons. The molecule has 0 aliphatic carbocycles. The maximum absolute atomic E-state index is 12.1. The van der Waals surface area contributed by atoms with E-state index in [0.717, 1.165) is 13.1 Å². The van der Waals surface area contributed by atoms with Gasteiger partial charge in [0, 0.05) is 13.1 Å². The van der Waals surface area contributed by atoms with Crippen LogP contribution in [0.4, 0.5) is 5.69 Å². The number of amides is 1. The number of hydrogen-bond acceptors (Lipinski definition) is 3. The van der Waals surface area contributed by atoms with Gasteiger partial charge in [0.05, 0.1) is 5.69 Å². The van der Waals surface area contributed by atoms with Crippen molar-refractivity contribution in [2.24, 2.45) is 11.8 Å². The molecule has 15 heavy (non-hydrogen) atoms. The fourth-order valence-electron chi connectivity index (χ4n) is 1.93. The minimum Gasteiger partial charge on any atom is -0.397 e. The molecule has 0 radical (unpaired) electrons. The molecule has 3 nitrogen and oxygen atoms in total. The fourth-order valence-corrected chi connectivity index (χ4v) is 2.72. The normalized spacial score (nSPS) is 25.9. The predicted molar refractivity (Wildman–Crippen MR) is 63.0 cm³/mol. The smallest absolute Gasteiger partial charge is 0.266 e. The molecule has 0 bridgehead atoms. The van der Waals surface area contributed by atoms with Crippen LogP contribution in [0.1, 0.15) is 23.5 Å². The highest BCUT2D eigenvalue weighted by Gasteiger charge is 2.30. The molecule has 0 aromatic carbocycles. The Morgan fingerprint density at radius 3 is 2.53 bits per heavy atom. The van der Waals surface area contributed by atoms with Crippen LogP contribution in [-0.4, -0.2) is 23.9 Å². The van der Waals surface area contributed by atoms with Crippen LogP contribution in [0.3, 0.4) is 0 Å². The molecular formula is C11H16N2OS. The largest absolute Gasteiger partial charge is 0.397 e. The lowest BCUT2D eigenvalue weighted by Gasteiger charge is -2.15. The second-order valence-corrected chi connectivity index (χ2v) is 5.29. The molecule has 1 aromatic heterocycles. The van der Waals surface area contributed by atoms with E-state index in [0.29, 0.717) is 22.4 Å². The van der Waals surface area contributed by atoms with E-state index in [2.05, 4.69) is 13.8 Å². The Morgan fingerprint density at radius 1 is 1.47 bits per heavy atom. The van der Waals surface area contributed by atoms with Gasteiger partial charge >= 0.3 is 0 Å². The Bertz CT molecular complexity index is 364. The lowest BCUT2D eigenvalue weighted by molar-refractivity contribution is 0.0790. The Morgan fingerprint density at radius 2 is 2.07 bits per heavy atom. The van der Waals surface area contributed by atoms with Crippen molar-refractivity contribution < 1.29 is 4.79 Å². The second-order valence-electron chi connectivity index (χ2n) is 4.37. The summed E-state index contributed by atoms with van der Waals surface area (Å²) >= 11 is 1.43. The molecule has 1 amide bonds. The molecule has 0 spiro atoms. The molecule has 0 saturated carbocycles. The zero-order chi connectivity index (χ0) is 11.0. The summed E-state index contributed by atoms with van der Waals surface area (Å²) in [6.45, 7) is 6.10. The monoisotopic (exact) mass is 224 g/mol. The highest BCUT2D eigenvalue weighted by atomic mass is 32.1. The summed E-state index contributed by atoms with van der Waals surface area (Å²) < 4.78 is 0. The summed E-state index contributed by atoms with van der Waals surface area (Å²) in [4.78, 5) is 14.7. The molecule has 1 saturated heterocycles. The van der Waals surface area contributed by atoms with Crippen molar-refractivity contribution in [2.45, 2.75) is 13.8 Å². The van der Waals surface area contributed by atoms with Crippen molar-refractivity contribution in [3.05, 3.63) is 16.3 Å². The van der Waals surface area contributed by atoms with E-state index in [4.69, 9.17) is 5.73 Å². The van der Waals surface area contributed by atoms with Gasteiger partial charge in [0.15, 0.2) is 0 Å². The van der Waals surface area contributed by atoms with Gasteiger partial charge < -0.3 is 10.6 Å². The Kier molecular flexibility index (Phi) is 2.69. The van der Waals surface area contributed by atoms with Crippen molar-refractivity contribution in [2.75, 3.05) is 18.8 Å². The van der Waals surface area contributed by atoms with Crippen LogP contribution in [0.25, 0.3) is 0 Å². The van der Waals surface area contributed by atoms with E-state index >= 15 is 0 Å². The van der Waals surface area contributed by atoms with Crippen LogP contribution in [0.15, 0.2) is 11.4 Å². The summed E-state index contributed by atoms with van der Waals surface area (Å²) in [7, 11) is 0. The second kappa shape index (κ2) is 3.85. The quantitative estimate of drug-likeness (QED) is 0.793. The molecule has 2 rings (SSSR count). The first-order valence-electron chi connectivity index (χ1n) is 5.22. The van der Waals surface area contributed by atoms with Crippen LogP contribution in [-0.2, 0) is 0 Å². The standard InChI is InChI=1S/C11H16N2OS/c1-7-5-13(6-8(7)2)11(14)10-9(12)3-4-15-10/h3-4,7-8H,5-6,12H2,1-2H3. The molecule has 1 aromatic rings. The van der Waals surface area contributed by atoms with Gasteiger partial charge in [0.1, 0.15) is 4.88 Å². The highest BCUT2D eigenvalue weighted by molar-refractivity contribution is 7.12. The number of nitrogens with zero attached hydrogens (tertiary/aromatic N) is 1. The lowest BCUT2D eigenvalue weighted by atomic mass is 10.0. The molecule has 2 heterocycles. The Labute approximate surface area is 93.9 Å². The van der Waals surface area contributed by atoms with Crippen LogP contribution in [0, 0.1) is 11.8 Å². The first kappa shape index (κ1) is 10.5. The number of likely N-dealkylation sites (tertiary alicyclic amines) is 1. The van der Waals surface area contributed by atoms with Crippen molar-refractivity contribution in [3.63, 3.8) is 0 Å². The molecule has 2 unspecified atom stereocenters. The van der Waals surface area contributed by atoms with Gasteiger partial charge in [-0.1, -0.05) is 13.8 Å². The summed E-state index contributed by atoms with van der Waals surface area (Å²) in [5.74, 6) is 1.28. The topological polar surface area (TPSA) is 46.3 Å². The van der Waals surface area contributed by atoms with Crippen LogP contribution in [0.2, 0.25) is 0 Å². The minimum atomic E-state index is 0.0960. The molecule has 1 aliphatic rings. The summed E-state index contributed by atoms with van der Waals surface area (Å²) in [5.41, 5.74) is 6.35. The number of anilines is 1. The number of nitrogen functional groups attached to an aromatic ring is 1. The fraction of sp³-hybridized carbons (Fsp3) is 0.545. The third-order valence-corrected chi connectivity index (χ3v) is 4.08. The number of thiophene rings is 1. The highest BCUT2D eigenvalue weighted by Crippen LogP contribution is 2.27. The number of carbonyl (C=O) groups is 1. The maximum Gasteiger partial charge on any atom is 0.266 e. The predicted octanol–water partition coefficient (Wildman–Crippen LogP) is 2.06. The minimum absolute atomic E-state index is 0.0960. The first-order chi connectivity index (χ1) is 7.09. The molecular weight excluding hydrogens is 208 g/mol. The van der Waals surface area contributed by atoms with Crippen molar-refractivity contribution in [1.29, 1.82) is 0 Å². The van der Waals surface area contributed by atoms with Gasteiger partial charge in [-0.3, -0.25) is 4.79 Å². The van der Waals surface area contributed by atoms with Gasteiger partial charge in [-0.2, -0.15) is 0 Å². The SMILES string of the molecule is CC1CN(C(=O)c2sccc2N)CC1C. The van der Waals surface area contributed by atoms with Crippen LogP contribution < -0.4 is 5.73 Å². The number of nitrogens with two attached hydrogens (primary N) is 1. The van der Waals surface area contributed by atoms with Crippen molar-refractivity contribution in [3.8, 4) is 0 Å². The first-order valence-corrected chi connectivity index (χ1v) is 6.09. The van der Waals surface area contributed by atoms with E-state index in [1.165, 1.54) is 11.3 Å². The molecule has 4 heteroatoms. The molecule has 1 fully saturated rings. The van der Waals surface area contributed by atoms with Crippen LogP contribution in [0.5, 0.6) is 0 Å². The molecule has 2 N–H and O–H groups in total. The number of rotatable bonds is 1. The van der Waals surface area contributed by atoms with Crippen molar-refractivity contribution >= 4 is 22.9 Å². The van der Waals surface area contributed by atoms with Gasteiger partial charge in [-0.25, -0.2) is 0 Å². The average molecular weight is 224 g/mol. The van der Waals surface area contributed by atoms with Gasteiger partial charge in [-0.15, -0.1) is 11.3 Å². The summed E-state index contributed by atoms with van der Waals surface area (Å²) in [5, 5.41) is 1.87. The van der Waals surface area contributed by atoms with E-state index in [9.17, 15) is 4.79 Å². The van der Waals surface area contributed by atoms with Gasteiger partial charge in [-0.05, 0) is 23.3 Å². The average Bonchev–Trinajstić information content (AvgIpc) is 2.74. The Hall–Kier alpha value is -1.03. The van der Waals surface area contributed by atoms with Gasteiger partial charge in [0.25, 0.3) is 5.91 Å². The number of hydrogen-bond donors (Lipinski definition) is 1. The summed E-state index contributed by atoms with van der Waals surface area (Å²) in [6, 6.07) is 1.79. The molecule has 2 atom stereocenters. The van der Waals surface area contributed by atoms with E-state index in [-0.39, 0.29) is 5.91 Å². The summed E-state index contributed by atoms with van der Waals surface area (Å²) in [6.07, 6.45) is 0. The molecule has 1 aliphatic heterocycles. The third kappa shape index (κ3) is 1.86. The van der Waals surface area contributed by atoms with E-state index in [1.807, 2.05) is 10.3 Å². The van der Waals surface area contributed by atoms with E-state index in [1.54, 1.807) is 6.07 Å². The zero-order valence-corrected chi connectivity index (χ0v) is 9.88. The van der Waals surface area contributed by atoms with E-state index < -0.39 is 0 Å². The van der Waals surface area contributed by atoms with Crippen molar-refractivity contribution in [1.82, 2.24) is 4.90 Å². The lowest BCUT2D eigenvalue weighted by Crippen LogP contribution is -2.28.